The smallest absolute Gasteiger partial charge is 0.272 e. The molecule has 1 aliphatic rings. The highest BCUT2D eigenvalue weighted by atomic mass is 16.3. The van der Waals surface area contributed by atoms with E-state index in [-0.39, 0.29) is 5.91 Å². The maximum atomic E-state index is 12.5. The van der Waals surface area contributed by atoms with Gasteiger partial charge in [0.25, 0.3) is 5.91 Å². The summed E-state index contributed by atoms with van der Waals surface area (Å²) in [6.07, 6.45) is 6.55. The number of aryl methyl sites for hydroxylation is 1. The molecule has 0 aliphatic carbocycles. The van der Waals surface area contributed by atoms with E-state index in [1.165, 1.54) is 25.7 Å². The Balaban J connectivity index is 0.00000109. The Morgan fingerprint density at radius 2 is 1.89 bits per heavy atom. The van der Waals surface area contributed by atoms with Crippen LogP contribution < -0.4 is 10.2 Å². The molecule has 4 heterocycles. The molecule has 28 heavy (non-hydrogen) atoms. The van der Waals surface area contributed by atoms with Crippen molar-refractivity contribution in [2.24, 2.45) is 7.05 Å². The molecule has 1 saturated heterocycles. The fraction of sp³-hybridized carbons (Fsp3) is 0.476. The zero-order valence-corrected chi connectivity index (χ0v) is 16.9. The molecule has 1 amide bonds. The third kappa shape index (κ3) is 4.35. The summed E-state index contributed by atoms with van der Waals surface area (Å²) < 4.78 is 6.93. The molecule has 0 unspecified atom stereocenters. The lowest BCUT2D eigenvalue weighted by molar-refractivity contribution is 0.0944. The number of aromatic nitrogens is 3. The van der Waals surface area contributed by atoms with Crippen molar-refractivity contribution in [2.45, 2.75) is 46.1 Å². The van der Waals surface area contributed by atoms with E-state index in [1.807, 2.05) is 39.1 Å². The normalized spacial score (nSPS) is 14.3. The van der Waals surface area contributed by atoms with Gasteiger partial charge in [0, 0.05) is 20.1 Å². The molecular weight excluding hydrogens is 354 g/mol. The minimum absolute atomic E-state index is 0.226. The molecule has 0 spiro atoms. The first-order valence-corrected chi connectivity index (χ1v) is 10.1. The average Bonchev–Trinajstić information content (AvgIpc) is 3.27. The zero-order valence-electron chi connectivity index (χ0n) is 16.9. The van der Waals surface area contributed by atoms with Crippen molar-refractivity contribution in [3.8, 4) is 0 Å². The Hall–Kier alpha value is -2.83. The number of furan rings is 1. The number of anilines is 1. The van der Waals surface area contributed by atoms with Crippen LogP contribution in [-0.4, -0.2) is 33.8 Å². The van der Waals surface area contributed by atoms with Crippen LogP contribution in [0.5, 0.6) is 0 Å². The topological polar surface area (TPSA) is 76.2 Å². The Kier molecular flexibility index (Phi) is 6.68. The molecule has 0 radical (unpaired) electrons. The van der Waals surface area contributed by atoms with Crippen LogP contribution >= 0.6 is 0 Å². The number of pyridine rings is 1. The summed E-state index contributed by atoms with van der Waals surface area (Å²) in [5, 5.41) is 8.00. The second kappa shape index (κ2) is 9.39. The number of rotatable bonds is 4. The van der Waals surface area contributed by atoms with Gasteiger partial charge in [0.05, 0.1) is 18.2 Å². The molecule has 7 heteroatoms. The van der Waals surface area contributed by atoms with Crippen molar-refractivity contribution in [3.63, 3.8) is 0 Å². The molecule has 1 fully saturated rings. The van der Waals surface area contributed by atoms with Crippen LogP contribution in [0.4, 0.5) is 5.82 Å². The minimum Gasteiger partial charge on any atom is -0.467 e. The second-order valence-corrected chi connectivity index (χ2v) is 6.68. The summed E-state index contributed by atoms with van der Waals surface area (Å²) in [5.41, 5.74) is 1.12. The highest BCUT2D eigenvalue weighted by Gasteiger charge is 2.19. The summed E-state index contributed by atoms with van der Waals surface area (Å²) >= 11 is 0. The highest BCUT2D eigenvalue weighted by Crippen LogP contribution is 2.23. The number of nitrogens with zero attached hydrogens (tertiary/aromatic N) is 4. The van der Waals surface area contributed by atoms with Gasteiger partial charge >= 0.3 is 0 Å². The van der Waals surface area contributed by atoms with Crippen LogP contribution in [0, 0.1) is 0 Å². The van der Waals surface area contributed by atoms with Crippen molar-refractivity contribution in [3.05, 3.63) is 42.0 Å². The van der Waals surface area contributed by atoms with Gasteiger partial charge in [-0.25, -0.2) is 9.67 Å². The number of hydrogen-bond donors (Lipinski definition) is 1. The van der Waals surface area contributed by atoms with E-state index < -0.39 is 0 Å². The summed E-state index contributed by atoms with van der Waals surface area (Å²) in [5.74, 6) is 1.45. The molecule has 3 aromatic heterocycles. The predicted octanol–water partition coefficient (Wildman–Crippen LogP) is 3.90. The summed E-state index contributed by atoms with van der Waals surface area (Å²) in [6.45, 7) is 6.41. The van der Waals surface area contributed by atoms with Gasteiger partial charge in [0.1, 0.15) is 11.6 Å². The molecule has 1 aliphatic heterocycles. The first kappa shape index (κ1) is 19.9. The van der Waals surface area contributed by atoms with E-state index in [9.17, 15) is 4.79 Å². The van der Waals surface area contributed by atoms with Gasteiger partial charge in [-0.2, -0.15) is 5.10 Å². The number of carbonyl (C=O) groups is 1. The van der Waals surface area contributed by atoms with E-state index in [0.29, 0.717) is 18.0 Å². The number of nitrogens with one attached hydrogen (secondary N) is 1. The maximum Gasteiger partial charge on any atom is 0.272 e. The Bertz CT molecular complexity index is 893. The van der Waals surface area contributed by atoms with E-state index in [0.717, 1.165) is 29.9 Å². The summed E-state index contributed by atoms with van der Waals surface area (Å²) in [6, 6.07) is 7.58. The van der Waals surface area contributed by atoms with Gasteiger partial charge in [-0.05, 0) is 37.1 Å². The van der Waals surface area contributed by atoms with Crippen LogP contribution in [0.3, 0.4) is 0 Å². The van der Waals surface area contributed by atoms with Crippen LogP contribution in [0.2, 0.25) is 0 Å². The molecule has 0 aromatic carbocycles. The Labute approximate surface area is 165 Å². The van der Waals surface area contributed by atoms with Gasteiger partial charge in [-0.15, -0.1) is 0 Å². The molecule has 7 nitrogen and oxygen atoms in total. The van der Waals surface area contributed by atoms with E-state index >= 15 is 0 Å². The van der Waals surface area contributed by atoms with Crippen LogP contribution in [0.15, 0.2) is 34.9 Å². The van der Waals surface area contributed by atoms with Crippen LogP contribution in [-0.2, 0) is 13.6 Å². The molecular formula is C21H29N5O2. The van der Waals surface area contributed by atoms with Gasteiger partial charge in [0.2, 0.25) is 0 Å². The van der Waals surface area contributed by atoms with Crippen LogP contribution in [0.1, 0.15) is 55.8 Å². The van der Waals surface area contributed by atoms with Crippen molar-refractivity contribution < 1.29 is 9.21 Å². The lowest BCUT2D eigenvalue weighted by Gasteiger charge is -2.21. The lowest BCUT2D eigenvalue weighted by Crippen LogP contribution is -2.25. The van der Waals surface area contributed by atoms with Gasteiger partial charge in [0.15, 0.2) is 11.3 Å². The number of fused-ring (bicyclic) bond motifs is 1. The zero-order chi connectivity index (χ0) is 19.9. The van der Waals surface area contributed by atoms with Gasteiger partial charge < -0.3 is 14.6 Å². The fourth-order valence-corrected chi connectivity index (χ4v) is 3.43. The van der Waals surface area contributed by atoms with Gasteiger partial charge in [-0.3, -0.25) is 4.79 Å². The van der Waals surface area contributed by atoms with Crippen molar-refractivity contribution >= 4 is 22.8 Å². The van der Waals surface area contributed by atoms with E-state index in [4.69, 9.17) is 9.40 Å². The maximum absolute atomic E-state index is 12.5. The van der Waals surface area contributed by atoms with Gasteiger partial charge in [-0.1, -0.05) is 26.7 Å². The monoisotopic (exact) mass is 383 g/mol. The first-order chi connectivity index (χ1) is 13.7. The molecule has 3 aromatic rings. The van der Waals surface area contributed by atoms with E-state index in [1.54, 1.807) is 17.0 Å². The molecule has 0 atom stereocenters. The van der Waals surface area contributed by atoms with Crippen molar-refractivity contribution in [2.75, 3.05) is 18.0 Å². The standard InChI is InChI=1S/C19H23N5O2.C2H6/c1-23-18-15(8-9-16(21-18)24-10-4-2-3-5-11-24)17(22-23)19(25)20-13-14-7-6-12-26-14;1-2/h6-9,12H,2-5,10-11,13H2,1H3,(H,20,25);1-2H3. The fourth-order valence-electron chi connectivity index (χ4n) is 3.43. The second-order valence-electron chi connectivity index (χ2n) is 6.68. The summed E-state index contributed by atoms with van der Waals surface area (Å²) in [7, 11) is 1.82. The highest BCUT2D eigenvalue weighted by molar-refractivity contribution is 6.04. The van der Waals surface area contributed by atoms with E-state index in [2.05, 4.69) is 15.3 Å². The Morgan fingerprint density at radius 1 is 1.14 bits per heavy atom. The number of hydrogen-bond acceptors (Lipinski definition) is 5. The van der Waals surface area contributed by atoms with Crippen LogP contribution in [0.25, 0.3) is 11.0 Å². The number of carbonyl (C=O) groups excluding carboxylic acids is 1. The third-order valence-electron chi connectivity index (χ3n) is 4.82. The molecule has 1 N–H and O–H groups in total. The Morgan fingerprint density at radius 3 is 2.57 bits per heavy atom. The minimum atomic E-state index is -0.226. The average molecular weight is 383 g/mol. The predicted molar refractivity (Wildman–Crippen MR) is 110 cm³/mol. The van der Waals surface area contributed by atoms with Crippen molar-refractivity contribution in [1.82, 2.24) is 20.1 Å². The summed E-state index contributed by atoms with van der Waals surface area (Å²) in [4.78, 5) is 19.6. The SMILES string of the molecule is CC.Cn1nc(C(=O)NCc2ccco2)c2ccc(N3CCCCCC3)nc21. The quantitative estimate of drug-likeness (QED) is 0.739. The molecule has 150 valence electrons. The third-order valence-corrected chi connectivity index (χ3v) is 4.82. The molecule has 4 rings (SSSR count). The van der Waals surface area contributed by atoms with Crippen molar-refractivity contribution in [1.29, 1.82) is 0 Å². The molecule has 0 saturated carbocycles. The number of amides is 1. The first-order valence-electron chi connectivity index (χ1n) is 10.1. The lowest BCUT2D eigenvalue weighted by atomic mass is 10.2. The largest absolute Gasteiger partial charge is 0.467 e. The molecule has 0 bridgehead atoms.